The van der Waals surface area contributed by atoms with Gasteiger partial charge < -0.3 is 0 Å². The van der Waals surface area contributed by atoms with Crippen molar-refractivity contribution in [1.82, 2.24) is 4.98 Å². The molecule has 1 aliphatic rings. The van der Waals surface area contributed by atoms with Crippen LogP contribution in [0.25, 0.3) is 10.6 Å². The smallest absolute Gasteiger partial charge is 0.169 e. The Morgan fingerprint density at radius 2 is 2.12 bits per heavy atom. The lowest BCUT2D eigenvalue weighted by molar-refractivity contribution is 0.102. The molecule has 3 heteroatoms. The first-order valence-electron chi connectivity index (χ1n) is 5.84. The summed E-state index contributed by atoms with van der Waals surface area (Å²) >= 11 is 1.53. The average molecular weight is 243 g/mol. The first-order chi connectivity index (χ1) is 8.24. The molecule has 2 aromatic heterocycles. The van der Waals surface area contributed by atoms with Crippen LogP contribution in [-0.2, 0) is 12.8 Å². The molecule has 0 spiro atoms. The predicted octanol–water partition coefficient (Wildman–Crippen LogP) is 3.50. The van der Waals surface area contributed by atoms with E-state index in [2.05, 4.69) is 12.1 Å². The summed E-state index contributed by atoms with van der Waals surface area (Å²) in [7, 11) is 0. The van der Waals surface area contributed by atoms with Crippen LogP contribution in [-0.4, -0.2) is 10.8 Å². The van der Waals surface area contributed by atoms with E-state index in [9.17, 15) is 4.79 Å². The molecule has 2 nitrogen and oxygen atoms in total. The number of rotatable bonds is 2. The molecule has 86 valence electrons. The van der Waals surface area contributed by atoms with Crippen LogP contribution in [0.5, 0.6) is 0 Å². The molecular formula is C14H13NOS. The normalized spacial score (nSPS) is 13.7. The Bertz CT molecular complexity index is 586. The maximum atomic E-state index is 11.3. The second-order valence-electron chi connectivity index (χ2n) is 4.38. The van der Waals surface area contributed by atoms with Gasteiger partial charge >= 0.3 is 0 Å². The molecule has 0 unspecified atom stereocenters. The molecule has 2 aromatic rings. The number of nitrogens with zero attached hydrogens (tertiary/aromatic N) is 1. The number of Topliss-reactive ketones (excluding diaryl/α,β-unsaturated/α-hetero) is 1. The predicted molar refractivity (Wildman–Crippen MR) is 69.6 cm³/mol. The van der Waals surface area contributed by atoms with Crippen molar-refractivity contribution in [2.45, 2.75) is 26.2 Å². The summed E-state index contributed by atoms with van der Waals surface area (Å²) in [5.74, 6) is 0.127. The standard InChI is InChI=1S/C14H13NOS/c1-9(16)13-7-8-14(17-13)12-6-5-10-3-2-4-11(10)15-12/h5-8H,2-4H2,1H3. The maximum absolute atomic E-state index is 11.3. The quantitative estimate of drug-likeness (QED) is 0.756. The summed E-state index contributed by atoms with van der Waals surface area (Å²) in [5, 5.41) is 0. The van der Waals surface area contributed by atoms with E-state index < -0.39 is 0 Å². The lowest BCUT2D eigenvalue weighted by Gasteiger charge is -2.01. The van der Waals surface area contributed by atoms with E-state index in [1.54, 1.807) is 6.92 Å². The van der Waals surface area contributed by atoms with Crippen molar-refractivity contribution in [2.75, 3.05) is 0 Å². The zero-order chi connectivity index (χ0) is 11.8. The molecule has 0 fully saturated rings. The van der Waals surface area contributed by atoms with Crippen LogP contribution in [0.4, 0.5) is 0 Å². The van der Waals surface area contributed by atoms with Crippen LogP contribution in [0, 0.1) is 0 Å². The fraction of sp³-hybridized carbons (Fsp3) is 0.286. The van der Waals surface area contributed by atoms with Gasteiger partial charge in [-0.05, 0) is 49.9 Å². The van der Waals surface area contributed by atoms with Crippen molar-refractivity contribution < 1.29 is 4.79 Å². The Morgan fingerprint density at radius 1 is 1.24 bits per heavy atom. The van der Waals surface area contributed by atoms with Crippen molar-refractivity contribution in [3.63, 3.8) is 0 Å². The highest BCUT2D eigenvalue weighted by molar-refractivity contribution is 7.17. The minimum atomic E-state index is 0.127. The fourth-order valence-electron chi connectivity index (χ4n) is 2.22. The minimum Gasteiger partial charge on any atom is -0.294 e. The molecule has 0 N–H and O–H groups in total. The average Bonchev–Trinajstić information content (AvgIpc) is 2.97. The lowest BCUT2D eigenvalue weighted by Crippen LogP contribution is -1.89. The number of carbonyl (C=O) groups excluding carboxylic acids is 1. The van der Waals surface area contributed by atoms with Crippen LogP contribution in [0.2, 0.25) is 0 Å². The molecule has 0 amide bonds. The Morgan fingerprint density at radius 3 is 2.88 bits per heavy atom. The molecule has 0 saturated carbocycles. The molecule has 1 aliphatic carbocycles. The summed E-state index contributed by atoms with van der Waals surface area (Å²) in [6.07, 6.45) is 3.47. The molecule has 0 aromatic carbocycles. The number of fused-ring (bicyclic) bond motifs is 1. The second-order valence-corrected chi connectivity index (χ2v) is 5.46. The van der Waals surface area contributed by atoms with E-state index in [0.29, 0.717) is 0 Å². The van der Waals surface area contributed by atoms with Crippen molar-refractivity contribution in [3.8, 4) is 10.6 Å². The van der Waals surface area contributed by atoms with Crippen molar-refractivity contribution in [1.29, 1.82) is 0 Å². The number of pyridine rings is 1. The van der Waals surface area contributed by atoms with Gasteiger partial charge in [-0.1, -0.05) is 6.07 Å². The van der Waals surface area contributed by atoms with Crippen molar-refractivity contribution in [2.24, 2.45) is 0 Å². The van der Waals surface area contributed by atoms with Crippen LogP contribution in [0.15, 0.2) is 24.3 Å². The molecule has 3 rings (SSSR count). The van der Waals surface area contributed by atoms with Gasteiger partial charge in [-0.2, -0.15) is 0 Å². The van der Waals surface area contributed by atoms with E-state index in [1.165, 1.54) is 29.0 Å². The molecule has 0 aliphatic heterocycles. The lowest BCUT2D eigenvalue weighted by atomic mass is 10.2. The Kier molecular flexibility index (Phi) is 2.56. The molecule has 0 saturated heterocycles. The maximum Gasteiger partial charge on any atom is 0.169 e. The highest BCUT2D eigenvalue weighted by Gasteiger charge is 2.14. The second kappa shape index (κ2) is 4.08. The molecular weight excluding hydrogens is 230 g/mol. The van der Waals surface area contributed by atoms with Gasteiger partial charge in [0, 0.05) is 5.69 Å². The minimum absolute atomic E-state index is 0.127. The van der Waals surface area contributed by atoms with Crippen LogP contribution in [0.3, 0.4) is 0 Å². The van der Waals surface area contributed by atoms with Gasteiger partial charge in [0.15, 0.2) is 5.78 Å². The van der Waals surface area contributed by atoms with Gasteiger partial charge in [0.05, 0.1) is 15.4 Å². The van der Waals surface area contributed by atoms with Gasteiger partial charge in [-0.25, -0.2) is 0 Å². The van der Waals surface area contributed by atoms with E-state index in [-0.39, 0.29) is 5.78 Å². The van der Waals surface area contributed by atoms with Gasteiger partial charge in [-0.15, -0.1) is 11.3 Å². The molecule has 0 bridgehead atoms. The van der Waals surface area contributed by atoms with Gasteiger partial charge in [0.2, 0.25) is 0 Å². The number of carbonyl (C=O) groups is 1. The summed E-state index contributed by atoms with van der Waals surface area (Å²) in [6.45, 7) is 1.60. The number of aryl methyl sites for hydroxylation is 2. The molecule has 17 heavy (non-hydrogen) atoms. The highest BCUT2D eigenvalue weighted by Crippen LogP contribution is 2.29. The monoisotopic (exact) mass is 243 g/mol. The summed E-state index contributed by atoms with van der Waals surface area (Å²) in [6, 6.07) is 8.13. The Labute approximate surface area is 104 Å². The topological polar surface area (TPSA) is 30.0 Å². The summed E-state index contributed by atoms with van der Waals surface area (Å²) in [4.78, 5) is 17.9. The Balaban J connectivity index is 2.00. The SMILES string of the molecule is CC(=O)c1ccc(-c2ccc3c(n2)CCC3)s1. The van der Waals surface area contributed by atoms with E-state index in [4.69, 9.17) is 4.98 Å². The first kappa shape index (κ1) is 10.7. The number of hydrogen-bond acceptors (Lipinski definition) is 3. The third-order valence-electron chi connectivity index (χ3n) is 3.13. The van der Waals surface area contributed by atoms with Crippen LogP contribution >= 0.6 is 11.3 Å². The molecule has 0 atom stereocenters. The van der Waals surface area contributed by atoms with Gasteiger partial charge in [0.1, 0.15) is 0 Å². The highest BCUT2D eigenvalue weighted by atomic mass is 32.1. The number of hydrogen-bond donors (Lipinski definition) is 0. The van der Waals surface area contributed by atoms with Crippen LogP contribution < -0.4 is 0 Å². The third kappa shape index (κ3) is 1.91. The summed E-state index contributed by atoms with van der Waals surface area (Å²) in [5.41, 5.74) is 3.63. The van der Waals surface area contributed by atoms with Gasteiger partial charge in [0.25, 0.3) is 0 Å². The molecule has 2 heterocycles. The van der Waals surface area contributed by atoms with Crippen molar-refractivity contribution in [3.05, 3.63) is 40.4 Å². The van der Waals surface area contributed by atoms with E-state index in [1.807, 2.05) is 12.1 Å². The molecule has 0 radical (unpaired) electrons. The zero-order valence-corrected chi connectivity index (χ0v) is 10.5. The first-order valence-corrected chi connectivity index (χ1v) is 6.65. The van der Waals surface area contributed by atoms with E-state index in [0.717, 1.165) is 28.3 Å². The number of aromatic nitrogens is 1. The van der Waals surface area contributed by atoms with Crippen molar-refractivity contribution >= 4 is 17.1 Å². The zero-order valence-electron chi connectivity index (χ0n) is 9.69. The van der Waals surface area contributed by atoms with Crippen LogP contribution in [0.1, 0.15) is 34.3 Å². The number of thiophene rings is 1. The van der Waals surface area contributed by atoms with E-state index >= 15 is 0 Å². The largest absolute Gasteiger partial charge is 0.294 e. The Hall–Kier alpha value is -1.48. The number of ketones is 1. The fourth-order valence-corrected chi connectivity index (χ4v) is 3.09. The van der Waals surface area contributed by atoms with Gasteiger partial charge in [-0.3, -0.25) is 9.78 Å². The summed E-state index contributed by atoms with van der Waals surface area (Å²) < 4.78 is 0. The third-order valence-corrected chi connectivity index (χ3v) is 4.34.